The summed E-state index contributed by atoms with van der Waals surface area (Å²) >= 11 is 0. The van der Waals surface area contributed by atoms with Gasteiger partial charge in [-0.3, -0.25) is 0 Å². The number of carbonyl (C=O) groups excluding carboxylic acids is 1. The average molecular weight is 182 g/mol. The number of ether oxygens (including phenoxy) is 1. The van der Waals surface area contributed by atoms with Crippen LogP contribution in [0.3, 0.4) is 0 Å². The predicted octanol–water partition coefficient (Wildman–Crippen LogP) is 2.68. The van der Waals surface area contributed by atoms with E-state index in [1.165, 1.54) is 19.3 Å². The molecular formula is C11H18O2. The largest absolute Gasteiger partial charge is 0.457 e. The Morgan fingerprint density at radius 2 is 2.00 bits per heavy atom. The zero-order valence-corrected chi connectivity index (χ0v) is 8.67. The summed E-state index contributed by atoms with van der Waals surface area (Å²) < 4.78 is 5.13. The number of hydrogen-bond donors (Lipinski definition) is 0. The number of esters is 1. The van der Waals surface area contributed by atoms with Gasteiger partial charge in [0.05, 0.1) is 0 Å². The molecule has 1 saturated carbocycles. The minimum atomic E-state index is -0.374. The molecule has 0 aliphatic heterocycles. The van der Waals surface area contributed by atoms with Crippen LogP contribution in [0.15, 0.2) is 12.2 Å². The van der Waals surface area contributed by atoms with Gasteiger partial charge >= 0.3 is 5.97 Å². The highest BCUT2D eigenvalue weighted by atomic mass is 16.6. The lowest BCUT2D eigenvalue weighted by Gasteiger charge is -2.22. The van der Waals surface area contributed by atoms with Gasteiger partial charge in [0.2, 0.25) is 0 Å². The van der Waals surface area contributed by atoms with Gasteiger partial charge in [-0.2, -0.15) is 0 Å². The summed E-state index contributed by atoms with van der Waals surface area (Å²) in [7, 11) is 0. The first-order valence-electron chi connectivity index (χ1n) is 4.88. The van der Waals surface area contributed by atoms with Crippen molar-refractivity contribution in [2.24, 2.45) is 5.92 Å². The van der Waals surface area contributed by atoms with E-state index in [2.05, 4.69) is 0 Å². The van der Waals surface area contributed by atoms with Gasteiger partial charge in [-0.15, -0.1) is 0 Å². The van der Waals surface area contributed by atoms with Gasteiger partial charge in [0.25, 0.3) is 0 Å². The van der Waals surface area contributed by atoms with E-state index in [1.807, 2.05) is 26.8 Å². The van der Waals surface area contributed by atoms with Gasteiger partial charge in [-0.1, -0.05) is 12.5 Å². The zero-order valence-electron chi connectivity index (χ0n) is 8.67. The molecule has 0 unspecified atom stereocenters. The van der Waals surface area contributed by atoms with Crippen LogP contribution in [0.25, 0.3) is 0 Å². The second kappa shape index (κ2) is 3.95. The van der Waals surface area contributed by atoms with Gasteiger partial charge in [-0.05, 0) is 39.5 Å². The van der Waals surface area contributed by atoms with Gasteiger partial charge in [0.1, 0.15) is 5.60 Å². The summed E-state index contributed by atoms with van der Waals surface area (Å²) in [5, 5.41) is 0. The average Bonchev–Trinajstić information content (AvgIpc) is 1.78. The molecule has 0 atom stereocenters. The minimum absolute atomic E-state index is 0.223. The van der Waals surface area contributed by atoms with E-state index < -0.39 is 0 Å². The highest BCUT2D eigenvalue weighted by molar-refractivity contribution is 5.82. The lowest BCUT2D eigenvalue weighted by molar-refractivity contribution is -0.148. The predicted molar refractivity (Wildman–Crippen MR) is 52.3 cm³/mol. The Kier molecular flexibility index (Phi) is 3.12. The van der Waals surface area contributed by atoms with Crippen LogP contribution in [0.4, 0.5) is 0 Å². The maximum Gasteiger partial charge on any atom is 0.330 e. The van der Waals surface area contributed by atoms with Crippen molar-refractivity contribution in [2.75, 3.05) is 0 Å². The van der Waals surface area contributed by atoms with E-state index in [0.717, 1.165) is 0 Å². The van der Waals surface area contributed by atoms with Crippen molar-refractivity contribution in [1.29, 1.82) is 0 Å². The van der Waals surface area contributed by atoms with Crippen LogP contribution in [0.5, 0.6) is 0 Å². The van der Waals surface area contributed by atoms with Crippen LogP contribution >= 0.6 is 0 Å². The molecule has 0 spiro atoms. The van der Waals surface area contributed by atoms with Crippen molar-refractivity contribution in [1.82, 2.24) is 0 Å². The highest BCUT2D eigenvalue weighted by Gasteiger charge is 2.16. The van der Waals surface area contributed by atoms with E-state index in [-0.39, 0.29) is 11.6 Å². The smallest absolute Gasteiger partial charge is 0.330 e. The molecule has 74 valence electrons. The van der Waals surface area contributed by atoms with Gasteiger partial charge in [0.15, 0.2) is 0 Å². The van der Waals surface area contributed by atoms with Crippen molar-refractivity contribution in [3.8, 4) is 0 Å². The summed E-state index contributed by atoms with van der Waals surface area (Å²) in [6, 6.07) is 0. The van der Waals surface area contributed by atoms with E-state index in [0.29, 0.717) is 5.92 Å². The van der Waals surface area contributed by atoms with Crippen LogP contribution in [0, 0.1) is 5.92 Å². The summed E-state index contributed by atoms with van der Waals surface area (Å²) in [5.41, 5.74) is -0.374. The number of carbonyl (C=O) groups is 1. The second-order valence-electron chi connectivity index (χ2n) is 4.58. The Labute approximate surface area is 80.0 Å². The molecule has 0 amide bonds. The molecule has 0 aromatic rings. The van der Waals surface area contributed by atoms with E-state index in [9.17, 15) is 4.79 Å². The molecule has 1 rings (SSSR count). The molecule has 0 bridgehead atoms. The first-order valence-corrected chi connectivity index (χ1v) is 4.88. The molecule has 0 aromatic carbocycles. The Balaban J connectivity index is 2.27. The Morgan fingerprint density at radius 1 is 1.38 bits per heavy atom. The highest BCUT2D eigenvalue weighted by Crippen LogP contribution is 2.27. The molecular weight excluding hydrogens is 164 g/mol. The van der Waals surface area contributed by atoms with Crippen molar-refractivity contribution in [3.05, 3.63) is 12.2 Å². The van der Waals surface area contributed by atoms with Crippen LogP contribution in [0.2, 0.25) is 0 Å². The molecule has 1 fully saturated rings. The molecule has 2 heteroatoms. The number of rotatable bonds is 2. The topological polar surface area (TPSA) is 26.3 Å². The molecule has 1 aliphatic carbocycles. The lowest BCUT2D eigenvalue weighted by Crippen LogP contribution is -2.22. The molecule has 13 heavy (non-hydrogen) atoms. The normalized spacial score (nSPS) is 18.7. The van der Waals surface area contributed by atoms with Crippen LogP contribution in [0.1, 0.15) is 40.0 Å². The summed E-state index contributed by atoms with van der Waals surface area (Å²) in [5.74, 6) is 0.395. The first kappa shape index (κ1) is 10.3. The molecule has 1 aliphatic rings. The van der Waals surface area contributed by atoms with Crippen molar-refractivity contribution >= 4 is 5.97 Å². The Bertz CT molecular complexity index is 207. The maximum absolute atomic E-state index is 11.2. The quantitative estimate of drug-likeness (QED) is 0.485. The fraction of sp³-hybridized carbons (Fsp3) is 0.727. The fourth-order valence-corrected chi connectivity index (χ4v) is 1.18. The van der Waals surface area contributed by atoms with Gasteiger partial charge in [-0.25, -0.2) is 4.79 Å². The van der Waals surface area contributed by atoms with E-state index in [1.54, 1.807) is 6.08 Å². The van der Waals surface area contributed by atoms with Crippen LogP contribution in [-0.4, -0.2) is 11.6 Å². The molecule has 0 saturated heterocycles. The summed E-state index contributed by atoms with van der Waals surface area (Å²) in [4.78, 5) is 11.2. The fourth-order valence-electron chi connectivity index (χ4n) is 1.18. The number of hydrogen-bond acceptors (Lipinski definition) is 2. The van der Waals surface area contributed by atoms with Crippen LogP contribution < -0.4 is 0 Å². The van der Waals surface area contributed by atoms with Gasteiger partial charge < -0.3 is 4.74 Å². The summed E-state index contributed by atoms with van der Waals surface area (Å²) in [6.45, 7) is 5.63. The Morgan fingerprint density at radius 3 is 2.38 bits per heavy atom. The van der Waals surface area contributed by atoms with E-state index in [4.69, 9.17) is 4.74 Å². The van der Waals surface area contributed by atoms with Crippen molar-refractivity contribution in [3.63, 3.8) is 0 Å². The molecule has 0 aromatic heterocycles. The van der Waals surface area contributed by atoms with Crippen molar-refractivity contribution < 1.29 is 9.53 Å². The standard InChI is InChI=1S/C11H18O2/c1-11(2,3)13-10(12)8-7-9-5-4-6-9/h7-9H,4-6H2,1-3H3. The summed E-state index contributed by atoms with van der Waals surface area (Å²) in [6.07, 6.45) is 7.27. The zero-order chi connectivity index (χ0) is 9.90. The maximum atomic E-state index is 11.2. The van der Waals surface area contributed by atoms with Crippen LogP contribution in [-0.2, 0) is 9.53 Å². The first-order chi connectivity index (χ1) is 5.97. The SMILES string of the molecule is CC(C)(C)OC(=O)C=CC1CCC1. The minimum Gasteiger partial charge on any atom is -0.457 e. The van der Waals surface area contributed by atoms with Crippen molar-refractivity contribution in [2.45, 2.75) is 45.6 Å². The monoisotopic (exact) mass is 182 g/mol. The third-order valence-corrected chi connectivity index (χ3v) is 2.06. The molecule has 0 N–H and O–H groups in total. The lowest BCUT2D eigenvalue weighted by atomic mass is 9.85. The molecule has 2 nitrogen and oxygen atoms in total. The molecule has 0 heterocycles. The number of allylic oxidation sites excluding steroid dienone is 1. The molecule has 0 radical (unpaired) electrons. The van der Waals surface area contributed by atoms with Gasteiger partial charge in [0, 0.05) is 6.08 Å². The third kappa shape index (κ3) is 4.11. The Hall–Kier alpha value is -0.790. The second-order valence-corrected chi connectivity index (χ2v) is 4.58. The third-order valence-electron chi connectivity index (χ3n) is 2.06. The van der Waals surface area contributed by atoms with E-state index >= 15 is 0 Å².